The minimum Gasteiger partial charge on any atom is -0.338 e. The smallest absolute Gasteiger partial charge is 0.246 e. The Morgan fingerprint density at radius 1 is 1.33 bits per heavy atom. The van der Waals surface area contributed by atoms with Gasteiger partial charge in [0.2, 0.25) is 5.91 Å². The number of likely N-dealkylation sites (N-methyl/N-ethyl adjacent to an activating group) is 1. The average molecular weight is 321 g/mol. The van der Waals surface area contributed by atoms with Crippen molar-refractivity contribution >= 4 is 12.0 Å². The van der Waals surface area contributed by atoms with E-state index in [1.807, 2.05) is 38.1 Å². The zero-order chi connectivity index (χ0) is 17.7. The van der Waals surface area contributed by atoms with Gasteiger partial charge in [-0.1, -0.05) is 18.2 Å². The zero-order valence-electron chi connectivity index (χ0n) is 14.7. The molecule has 1 aromatic carbocycles. The van der Waals surface area contributed by atoms with Crippen molar-refractivity contribution in [3.63, 3.8) is 0 Å². The number of aryl methyl sites for hydroxylation is 1. The lowest BCUT2D eigenvalue weighted by Crippen LogP contribution is -2.33. The van der Waals surface area contributed by atoms with Crippen molar-refractivity contribution < 1.29 is 4.79 Å². The Morgan fingerprint density at radius 3 is 2.62 bits per heavy atom. The van der Waals surface area contributed by atoms with Gasteiger partial charge in [0, 0.05) is 36.2 Å². The Morgan fingerprint density at radius 2 is 2.00 bits per heavy atom. The van der Waals surface area contributed by atoms with Gasteiger partial charge < -0.3 is 9.47 Å². The van der Waals surface area contributed by atoms with E-state index in [0.717, 1.165) is 22.6 Å². The lowest BCUT2D eigenvalue weighted by molar-refractivity contribution is -0.126. The molecule has 4 nitrogen and oxygen atoms in total. The lowest BCUT2D eigenvalue weighted by Gasteiger charge is -2.21. The van der Waals surface area contributed by atoms with Crippen LogP contribution in [0.25, 0.3) is 11.8 Å². The van der Waals surface area contributed by atoms with E-state index in [4.69, 9.17) is 5.26 Å². The molecular formula is C20H23N3O. The molecule has 0 N–H and O–H groups in total. The van der Waals surface area contributed by atoms with Crippen LogP contribution in [0.4, 0.5) is 0 Å². The first-order valence-electron chi connectivity index (χ1n) is 8.02. The van der Waals surface area contributed by atoms with Gasteiger partial charge in [-0.15, -0.1) is 0 Å². The van der Waals surface area contributed by atoms with E-state index in [-0.39, 0.29) is 11.9 Å². The first-order valence-corrected chi connectivity index (χ1v) is 8.02. The van der Waals surface area contributed by atoms with Crippen LogP contribution in [0.15, 0.2) is 42.5 Å². The predicted octanol–water partition coefficient (Wildman–Crippen LogP) is 3.87. The first kappa shape index (κ1) is 17.6. The number of benzene rings is 1. The van der Waals surface area contributed by atoms with Crippen LogP contribution in [0.2, 0.25) is 0 Å². The number of amides is 1. The summed E-state index contributed by atoms with van der Waals surface area (Å²) in [6.45, 7) is 5.97. The van der Waals surface area contributed by atoms with Crippen molar-refractivity contribution in [3.05, 3.63) is 59.4 Å². The first-order chi connectivity index (χ1) is 11.5. The van der Waals surface area contributed by atoms with E-state index in [0.29, 0.717) is 6.42 Å². The van der Waals surface area contributed by atoms with Gasteiger partial charge in [0.25, 0.3) is 0 Å². The van der Waals surface area contributed by atoms with Crippen LogP contribution in [-0.4, -0.2) is 28.5 Å². The summed E-state index contributed by atoms with van der Waals surface area (Å²) in [4.78, 5) is 13.8. The van der Waals surface area contributed by atoms with E-state index in [1.165, 1.54) is 0 Å². The van der Waals surface area contributed by atoms with Crippen molar-refractivity contribution in [2.75, 3.05) is 7.05 Å². The van der Waals surface area contributed by atoms with Crippen molar-refractivity contribution in [1.82, 2.24) is 9.47 Å². The summed E-state index contributed by atoms with van der Waals surface area (Å²) in [7, 11) is 1.72. The highest BCUT2D eigenvalue weighted by atomic mass is 16.2. The molecule has 1 unspecified atom stereocenters. The van der Waals surface area contributed by atoms with Crippen LogP contribution in [0.5, 0.6) is 0 Å². The minimum atomic E-state index is -0.0951. The van der Waals surface area contributed by atoms with Gasteiger partial charge in [-0.3, -0.25) is 4.79 Å². The maximum absolute atomic E-state index is 12.2. The molecule has 1 heterocycles. The predicted molar refractivity (Wildman–Crippen MR) is 96.7 cm³/mol. The molecule has 1 aromatic heterocycles. The van der Waals surface area contributed by atoms with Gasteiger partial charge in [-0.05, 0) is 50.6 Å². The molecule has 0 saturated heterocycles. The number of hydrogen-bond acceptors (Lipinski definition) is 2. The second-order valence-corrected chi connectivity index (χ2v) is 5.99. The van der Waals surface area contributed by atoms with Crippen molar-refractivity contribution in [2.45, 2.75) is 33.2 Å². The molecule has 124 valence electrons. The Labute approximate surface area is 143 Å². The highest BCUT2D eigenvalue weighted by Crippen LogP contribution is 2.21. The summed E-state index contributed by atoms with van der Waals surface area (Å²) in [6.07, 6.45) is 3.75. The largest absolute Gasteiger partial charge is 0.338 e. The maximum atomic E-state index is 12.2. The Hall–Kier alpha value is -2.80. The molecular weight excluding hydrogens is 298 g/mol. The monoisotopic (exact) mass is 321 g/mol. The van der Waals surface area contributed by atoms with Crippen molar-refractivity contribution in [2.24, 2.45) is 0 Å². The molecule has 0 aliphatic carbocycles. The molecule has 1 atom stereocenters. The third-order valence-electron chi connectivity index (χ3n) is 4.29. The third-order valence-corrected chi connectivity index (χ3v) is 4.29. The standard InChI is InChI=1S/C20H23N3O/c1-15(12-13-21)22(4)20(24)11-10-18-14-16(2)23(17(18)3)19-8-6-5-7-9-19/h5-11,14-15H,12H2,1-4H3/b11-10+. The van der Waals surface area contributed by atoms with Gasteiger partial charge in [-0.25, -0.2) is 0 Å². The average Bonchev–Trinajstić information content (AvgIpc) is 2.86. The molecule has 24 heavy (non-hydrogen) atoms. The van der Waals surface area contributed by atoms with Crippen molar-refractivity contribution in [1.29, 1.82) is 5.26 Å². The Kier molecular flexibility index (Phi) is 5.59. The van der Waals surface area contributed by atoms with E-state index < -0.39 is 0 Å². The second-order valence-electron chi connectivity index (χ2n) is 5.99. The zero-order valence-corrected chi connectivity index (χ0v) is 14.7. The molecule has 0 saturated carbocycles. The van der Waals surface area contributed by atoms with Gasteiger partial charge in [-0.2, -0.15) is 5.26 Å². The van der Waals surface area contributed by atoms with Gasteiger partial charge in [0.05, 0.1) is 12.5 Å². The molecule has 0 radical (unpaired) electrons. The number of nitriles is 1. The van der Waals surface area contributed by atoms with E-state index in [9.17, 15) is 4.79 Å². The number of rotatable bonds is 5. The summed E-state index contributed by atoms with van der Waals surface area (Å²) in [6, 6.07) is 14.2. The Balaban J connectivity index is 2.23. The van der Waals surface area contributed by atoms with E-state index in [2.05, 4.69) is 35.8 Å². The molecule has 2 aromatic rings. The summed E-state index contributed by atoms with van der Waals surface area (Å²) in [5, 5.41) is 8.74. The molecule has 4 heteroatoms. The molecule has 0 aliphatic rings. The quantitative estimate of drug-likeness (QED) is 0.785. The van der Waals surface area contributed by atoms with Crippen LogP contribution in [0, 0.1) is 25.2 Å². The number of para-hydroxylation sites is 1. The minimum absolute atomic E-state index is 0.0936. The number of aromatic nitrogens is 1. The van der Waals surface area contributed by atoms with Crippen molar-refractivity contribution in [3.8, 4) is 11.8 Å². The third kappa shape index (κ3) is 3.75. The lowest BCUT2D eigenvalue weighted by atomic mass is 10.2. The van der Waals surface area contributed by atoms with Crippen LogP contribution in [-0.2, 0) is 4.79 Å². The molecule has 0 bridgehead atoms. The summed E-state index contributed by atoms with van der Waals surface area (Å²) in [5.41, 5.74) is 4.34. The fourth-order valence-corrected chi connectivity index (χ4v) is 2.70. The van der Waals surface area contributed by atoms with Crippen LogP contribution in [0.3, 0.4) is 0 Å². The topological polar surface area (TPSA) is 49.0 Å². The maximum Gasteiger partial charge on any atom is 0.246 e. The molecule has 0 spiro atoms. The number of carbonyl (C=O) groups excluding carboxylic acids is 1. The molecule has 1 amide bonds. The summed E-state index contributed by atoms with van der Waals surface area (Å²) < 4.78 is 2.17. The van der Waals surface area contributed by atoms with Gasteiger partial charge in [0.15, 0.2) is 0 Å². The van der Waals surface area contributed by atoms with Gasteiger partial charge >= 0.3 is 0 Å². The van der Waals surface area contributed by atoms with Crippen LogP contribution >= 0.6 is 0 Å². The van der Waals surface area contributed by atoms with Gasteiger partial charge in [0.1, 0.15) is 0 Å². The second kappa shape index (κ2) is 7.65. The molecule has 0 fully saturated rings. The summed E-state index contributed by atoms with van der Waals surface area (Å²) in [5.74, 6) is -0.0951. The highest BCUT2D eigenvalue weighted by Gasteiger charge is 2.13. The molecule has 0 aliphatic heterocycles. The molecule has 2 rings (SSSR count). The fraction of sp³-hybridized carbons (Fsp3) is 0.300. The normalized spacial score (nSPS) is 12.1. The summed E-state index contributed by atoms with van der Waals surface area (Å²) >= 11 is 0. The van der Waals surface area contributed by atoms with Crippen LogP contribution in [0.1, 0.15) is 30.3 Å². The SMILES string of the molecule is Cc1cc(/C=C/C(=O)N(C)C(C)CC#N)c(C)n1-c1ccccc1. The number of hydrogen-bond donors (Lipinski definition) is 0. The fourth-order valence-electron chi connectivity index (χ4n) is 2.70. The van der Waals surface area contributed by atoms with Crippen LogP contribution < -0.4 is 0 Å². The number of nitrogens with zero attached hydrogens (tertiary/aromatic N) is 3. The number of carbonyl (C=O) groups is 1. The van der Waals surface area contributed by atoms with E-state index >= 15 is 0 Å². The Bertz CT molecular complexity index is 781. The highest BCUT2D eigenvalue weighted by molar-refractivity contribution is 5.92. The van der Waals surface area contributed by atoms with E-state index in [1.54, 1.807) is 18.0 Å².